The number of benzene rings is 3. The second kappa shape index (κ2) is 16.8. The molecular formula is C37H41N5O6. The molecule has 2 heterocycles. The second-order valence-electron chi connectivity index (χ2n) is 11.4. The van der Waals surface area contributed by atoms with Crippen LogP contribution in [0.2, 0.25) is 0 Å². The molecule has 0 atom stereocenters. The number of anilines is 2. The van der Waals surface area contributed by atoms with Gasteiger partial charge in [-0.15, -0.1) is 0 Å². The van der Waals surface area contributed by atoms with Crippen LogP contribution in [-0.4, -0.2) is 68.1 Å². The first-order valence-corrected chi connectivity index (χ1v) is 16.0. The molecule has 2 N–H and O–H groups in total. The summed E-state index contributed by atoms with van der Waals surface area (Å²) in [5.41, 5.74) is 3.30. The van der Waals surface area contributed by atoms with Crippen molar-refractivity contribution in [2.24, 2.45) is 0 Å². The summed E-state index contributed by atoms with van der Waals surface area (Å²) < 4.78 is 16.8. The maximum Gasteiger partial charge on any atom is 0.255 e. The van der Waals surface area contributed by atoms with Crippen LogP contribution in [-0.2, 0) is 22.7 Å². The number of fused-ring (bicyclic) bond motifs is 3. The van der Waals surface area contributed by atoms with Crippen molar-refractivity contribution in [3.05, 3.63) is 108 Å². The van der Waals surface area contributed by atoms with Crippen LogP contribution in [0.25, 0.3) is 0 Å². The Morgan fingerprint density at radius 2 is 1.46 bits per heavy atom. The number of ether oxygens (including phenoxy) is 3. The third kappa shape index (κ3) is 9.25. The SMILES string of the molecule is COc1cccc(CNC(=O)CN2CCCCCOc3ccccc3N(CC(=O)NCc3cccc(OC)c3)c3cncc(c3)C2=O)c1. The molecule has 0 saturated carbocycles. The van der Waals surface area contributed by atoms with Crippen LogP contribution < -0.4 is 29.7 Å². The second-order valence-corrected chi connectivity index (χ2v) is 11.4. The third-order valence-electron chi connectivity index (χ3n) is 7.94. The molecule has 4 aromatic rings. The predicted molar refractivity (Wildman–Crippen MR) is 183 cm³/mol. The number of hydrogen-bond donors (Lipinski definition) is 2. The summed E-state index contributed by atoms with van der Waals surface area (Å²) >= 11 is 0. The van der Waals surface area contributed by atoms with Crippen molar-refractivity contribution in [2.45, 2.75) is 32.4 Å². The van der Waals surface area contributed by atoms with Crippen molar-refractivity contribution in [3.63, 3.8) is 0 Å². The zero-order chi connectivity index (χ0) is 33.7. The van der Waals surface area contributed by atoms with Gasteiger partial charge in [-0.25, -0.2) is 0 Å². The highest BCUT2D eigenvalue weighted by Crippen LogP contribution is 2.34. The molecule has 250 valence electrons. The topological polar surface area (TPSA) is 122 Å². The van der Waals surface area contributed by atoms with E-state index in [1.54, 1.807) is 36.3 Å². The molecule has 3 aromatic carbocycles. The molecule has 48 heavy (non-hydrogen) atoms. The first kappa shape index (κ1) is 33.8. The van der Waals surface area contributed by atoms with Crippen LogP contribution >= 0.6 is 0 Å². The van der Waals surface area contributed by atoms with Crippen LogP contribution in [0.4, 0.5) is 11.4 Å². The van der Waals surface area contributed by atoms with Crippen molar-refractivity contribution >= 4 is 29.1 Å². The van der Waals surface area contributed by atoms with Crippen molar-refractivity contribution < 1.29 is 28.6 Å². The number of hydrogen-bond acceptors (Lipinski definition) is 8. The predicted octanol–water partition coefficient (Wildman–Crippen LogP) is 4.87. The van der Waals surface area contributed by atoms with Crippen LogP contribution in [0.15, 0.2) is 91.3 Å². The van der Waals surface area contributed by atoms with Gasteiger partial charge in [0, 0.05) is 25.8 Å². The van der Waals surface area contributed by atoms with Gasteiger partial charge in [-0.2, -0.15) is 0 Å². The normalized spacial score (nSPS) is 13.4. The van der Waals surface area contributed by atoms with E-state index in [2.05, 4.69) is 15.6 Å². The van der Waals surface area contributed by atoms with E-state index >= 15 is 0 Å². The van der Waals surface area contributed by atoms with E-state index in [4.69, 9.17) is 14.2 Å². The quantitative estimate of drug-likeness (QED) is 0.249. The molecule has 3 amide bonds. The molecule has 0 aliphatic carbocycles. The van der Waals surface area contributed by atoms with E-state index in [0.29, 0.717) is 66.8 Å². The highest BCUT2D eigenvalue weighted by molar-refractivity contribution is 5.97. The van der Waals surface area contributed by atoms with Crippen molar-refractivity contribution in [1.82, 2.24) is 20.5 Å². The minimum atomic E-state index is -0.315. The van der Waals surface area contributed by atoms with Gasteiger partial charge in [-0.05, 0) is 72.9 Å². The summed E-state index contributed by atoms with van der Waals surface area (Å²) in [6.07, 6.45) is 5.35. The van der Waals surface area contributed by atoms with Crippen molar-refractivity contribution in [1.29, 1.82) is 0 Å². The molecule has 0 saturated heterocycles. The summed E-state index contributed by atoms with van der Waals surface area (Å²) in [6, 6.07) is 24.2. The summed E-state index contributed by atoms with van der Waals surface area (Å²) in [6.45, 7) is 1.31. The molecule has 11 nitrogen and oxygen atoms in total. The fraction of sp³-hybridized carbons (Fsp3) is 0.297. The van der Waals surface area contributed by atoms with Crippen LogP contribution in [0.5, 0.6) is 17.2 Å². The number of nitrogens with zero attached hydrogens (tertiary/aromatic N) is 3. The zero-order valence-corrected chi connectivity index (χ0v) is 27.3. The number of amides is 3. The molecule has 0 spiro atoms. The van der Waals surface area contributed by atoms with Crippen LogP contribution in [0, 0.1) is 0 Å². The van der Waals surface area contributed by atoms with Crippen LogP contribution in [0.1, 0.15) is 40.7 Å². The number of carbonyl (C=O) groups excluding carboxylic acids is 3. The average molecular weight is 652 g/mol. The number of para-hydroxylation sites is 2. The molecule has 5 rings (SSSR count). The van der Waals surface area contributed by atoms with E-state index in [0.717, 1.165) is 24.0 Å². The van der Waals surface area contributed by atoms with Gasteiger partial charge >= 0.3 is 0 Å². The number of carbonyl (C=O) groups is 3. The minimum Gasteiger partial charge on any atom is -0.497 e. The van der Waals surface area contributed by atoms with Gasteiger partial charge in [0.05, 0.1) is 50.5 Å². The first-order valence-electron chi connectivity index (χ1n) is 16.0. The van der Waals surface area contributed by atoms with E-state index in [-0.39, 0.29) is 30.8 Å². The van der Waals surface area contributed by atoms with Crippen LogP contribution in [0.3, 0.4) is 0 Å². The smallest absolute Gasteiger partial charge is 0.255 e. The summed E-state index contributed by atoms with van der Waals surface area (Å²) in [5, 5.41) is 5.90. The van der Waals surface area contributed by atoms with Gasteiger partial charge < -0.3 is 34.6 Å². The molecule has 2 bridgehead atoms. The number of rotatable bonds is 10. The summed E-state index contributed by atoms with van der Waals surface area (Å²) in [5.74, 6) is 1.21. The Labute approximate surface area is 280 Å². The molecular weight excluding hydrogens is 610 g/mol. The Kier molecular flexibility index (Phi) is 11.8. The lowest BCUT2D eigenvalue weighted by Gasteiger charge is -2.28. The molecule has 0 unspecified atom stereocenters. The largest absolute Gasteiger partial charge is 0.497 e. The highest BCUT2D eigenvalue weighted by Gasteiger charge is 2.23. The number of pyridine rings is 1. The lowest BCUT2D eigenvalue weighted by molar-refractivity contribution is -0.122. The molecule has 1 aliphatic heterocycles. The standard InChI is InChI=1S/C37H41N5O6/c1-46-31-12-8-10-27(18-31)21-39-35(43)25-41-16-6-3-7-17-48-34-15-5-4-14-33(34)42(30-20-29(37(41)45)23-38-24-30)26-36(44)40-22-28-11-9-13-32(19-28)47-2/h4-5,8-15,18-20,23-24H,3,6-7,16-17,21-22,25-26H2,1-2H3,(H,39,43)(H,40,44). The molecule has 11 heteroatoms. The Morgan fingerprint density at radius 3 is 2.15 bits per heavy atom. The lowest BCUT2D eigenvalue weighted by Crippen LogP contribution is -2.41. The van der Waals surface area contributed by atoms with Gasteiger partial charge in [0.2, 0.25) is 11.8 Å². The van der Waals surface area contributed by atoms with E-state index in [1.807, 2.05) is 72.8 Å². The Morgan fingerprint density at radius 1 is 0.792 bits per heavy atom. The zero-order valence-electron chi connectivity index (χ0n) is 27.3. The van der Waals surface area contributed by atoms with Gasteiger partial charge in [0.25, 0.3) is 5.91 Å². The lowest BCUT2D eigenvalue weighted by atomic mass is 10.1. The highest BCUT2D eigenvalue weighted by atomic mass is 16.5. The molecule has 0 radical (unpaired) electrons. The summed E-state index contributed by atoms with van der Waals surface area (Å²) in [7, 11) is 3.19. The van der Waals surface area contributed by atoms with E-state index in [9.17, 15) is 14.4 Å². The molecule has 1 aromatic heterocycles. The van der Waals surface area contributed by atoms with Crippen molar-refractivity contribution in [2.75, 3.05) is 45.4 Å². The third-order valence-corrected chi connectivity index (χ3v) is 7.94. The number of aromatic nitrogens is 1. The Balaban J connectivity index is 1.36. The maximum atomic E-state index is 13.9. The van der Waals surface area contributed by atoms with Gasteiger partial charge in [-0.3, -0.25) is 19.4 Å². The average Bonchev–Trinajstić information content (AvgIpc) is 3.12. The van der Waals surface area contributed by atoms with E-state index < -0.39 is 0 Å². The van der Waals surface area contributed by atoms with Gasteiger partial charge in [-0.1, -0.05) is 36.4 Å². The van der Waals surface area contributed by atoms with Gasteiger partial charge in [0.15, 0.2) is 0 Å². The van der Waals surface area contributed by atoms with Gasteiger partial charge in [0.1, 0.15) is 23.8 Å². The Hall–Kier alpha value is -5.58. The first-order chi connectivity index (χ1) is 23.4. The number of methoxy groups -OCH3 is 2. The number of nitrogens with one attached hydrogen (secondary N) is 2. The fourth-order valence-electron chi connectivity index (χ4n) is 5.40. The molecule has 0 fully saturated rings. The van der Waals surface area contributed by atoms with E-state index in [1.165, 1.54) is 6.20 Å². The van der Waals surface area contributed by atoms with Crippen molar-refractivity contribution in [3.8, 4) is 17.2 Å². The fourth-order valence-corrected chi connectivity index (χ4v) is 5.40. The summed E-state index contributed by atoms with van der Waals surface area (Å²) in [4.78, 5) is 48.1. The monoisotopic (exact) mass is 651 g/mol. The molecule has 1 aliphatic rings. The Bertz CT molecular complexity index is 1710. The minimum absolute atomic E-state index is 0.0555. The maximum absolute atomic E-state index is 13.9.